The van der Waals surface area contributed by atoms with Crippen molar-refractivity contribution in [1.82, 2.24) is 0 Å². The highest BCUT2D eigenvalue weighted by molar-refractivity contribution is 5.93. The first-order valence-electron chi connectivity index (χ1n) is 6.99. The van der Waals surface area contributed by atoms with Gasteiger partial charge in [-0.3, -0.25) is 9.98 Å². The fourth-order valence-corrected chi connectivity index (χ4v) is 2.40. The van der Waals surface area contributed by atoms with Crippen LogP contribution in [0.4, 0.5) is 15.8 Å². The molecule has 0 saturated heterocycles. The first kappa shape index (κ1) is 15.0. The SMILES string of the molecule is COC(=O)c1ccc(N2C=CC=NC2)c(N2C=CC=NC2)c1F. The van der Waals surface area contributed by atoms with E-state index in [0.717, 1.165) is 0 Å². The molecule has 0 spiro atoms. The van der Waals surface area contributed by atoms with Gasteiger partial charge in [-0.15, -0.1) is 0 Å². The van der Waals surface area contributed by atoms with Gasteiger partial charge in [-0.05, 0) is 24.3 Å². The number of carbonyl (C=O) groups is 1. The summed E-state index contributed by atoms with van der Waals surface area (Å²) in [4.78, 5) is 23.5. The monoisotopic (exact) mass is 314 g/mol. The summed E-state index contributed by atoms with van der Waals surface area (Å²) in [6.07, 6.45) is 10.3. The Hall–Kier alpha value is -2.96. The molecule has 23 heavy (non-hydrogen) atoms. The number of halogens is 1. The lowest BCUT2D eigenvalue weighted by Crippen LogP contribution is -2.26. The van der Waals surface area contributed by atoms with Crippen molar-refractivity contribution in [2.75, 3.05) is 30.2 Å². The molecule has 0 bridgehead atoms. The molecule has 6 nitrogen and oxygen atoms in total. The molecule has 3 rings (SSSR count). The molecule has 0 aromatic heterocycles. The number of nitrogens with zero attached hydrogens (tertiary/aromatic N) is 4. The number of hydrogen-bond acceptors (Lipinski definition) is 6. The zero-order valence-corrected chi connectivity index (χ0v) is 12.5. The molecule has 0 saturated carbocycles. The van der Waals surface area contributed by atoms with Crippen LogP contribution in [-0.2, 0) is 4.74 Å². The Morgan fingerprint density at radius 2 is 1.78 bits per heavy atom. The van der Waals surface area contributed by atoms with Crippen LogP contribution >= 0.6 is 0 Å². The molecule has 2 heterocycles. The molecule has 0 amide bonds. The third kappa shape index (κ3) is 2.85. The summed E-state index contributed by atoms with van der Waals surface area (Å²) in [6.45, 7) is 0.646. The van der Waals surface area contributed by atoms with Crippen molar-refractivity contribution in [3.63, 3.8) is 0 Å². The van der Waals surface area contributed by atoms with Crippen molar-refractivity contribution in [2.45, 2.75) is 0 Å². The van der Waals surface area contributed by atoms with Gasteiger partial charge in [0.2, 0.25) is 0 Å². The average molecular weight is 314 g/mol. The Morgan fingerprint density at radius 3 is 2.35 bits per heavy atom. The minimum absolute atomic E-state index is 0.112. The van der Waals surface area contributed by atoms with Gasteiger partial charge in [-0.25, -0.2) is 9.18 Å². The summed E-state index contributed by atoms with van der Waals surface area (Å²) in [7, 11) is 1.22. The summed E-state index contributed by atoms with van der Waals surface area (Å²) in [5.41, 5.74) is 0.756. The molecule has 118 valence electrons. The Kier molecular flexibility index (Phi) is 4.18. The van der Waals surface area contributed by atoms with Gasteiger partial charge in [0.05, 0.1) is 18.4 Å². The van der Waals surface area contributed by atoms with Gasteiger partial charge in [-0.1, -0.05) is 0 Å². The number of anilines is 2. The second-order valence-electron chi connectivity index (χ2n) is 4.86. The number of aliphatic imine (C=N–C) groups is 2. The number of benzene rings is 1. The van der Waals surface area contributed by atoms with Crippen LogP contribution in [0.15, 0.2) is 46.7 Å². The molecule has 0 atom stereocenters. The standard InChI is InChI=1S/C16H15FN4O2/c1-23-16(22)12-4-5-13(20-8-2-6-18-10-20)15(14(12)17)21-9-3-7-19-11-21/h2-9H,10-11H2,1H3. The van der Waals surface area contributed by atoms with Crippen LogP contribution in [0.2, 0.25) is 0 Å². The lowest BCUT2D eigenvalue weighted by molar-refractivity contribution is 0.0595. The molecule has 0 radical (unpaired) electrons. The van der Waals surface area contributed by atoms with Gasteiger partial charge in [0.25, 0.3) is 0 Å². The van der Waals surface area contributed by atoms with Crippen LogP contribution < -0.4 is 9.80 Å². The maximum absolute atomic E-state index is 15.0. The Bertz CT molecular complexity index is 740. The van der Waals surface area contributed by atoms with Crippen LogP contribution in [0.5, 0.6) is 0 Å². The van der Waals surface area contributed by atoms with Crippen molar-refractivity contribution < 1.29 is 13.9 Å². The van der Waals surface area contributed by atoms with Gasteiger partial charge in [0.15, 0.2) is 5.82 Å². The van der Waals surface area contributed by atoms with E-state index in [1.54, 1.807) is 52.8 Å². The molecule has 2 aliphatic rings. The van der Waals surface area contributed by atoms with Crippen molar-refractivity contribution in [1.29, 1.82) is 0 Å². The van der Waals surface area contributed by atoms with Gasteiger partial charge >= 0.3 is 5.97 Å². The number of methoxy groups -OCH3 is 1. The molecule has 0 fully saturated rings. The van der Waals surface area contributed by atoms with Gasteiger partial charge < -0.3 is 14.5 Å². The minimum atomic E-state index is -0.716. The van der Waals surface area contributed by atoms with E-state index < -0.39 is 11.8 Å². The number of allylic oxidation sites excluding steroid dienone is 2. The molecule has 0 unspecified atom stereocenters. The summed E-state index contributed by atoms with van der Waals surface area (Å²) >= 11 is 0. The predicted molar refractivity (Wildman–Crippen MR) is 87.7 cm³/mol. The third-order valence-corrected chi connectivity index (χ3v) is 3.48. The second-order valence-corrected chi connectivity index (χ2v) is 4.86. The maximum atomic E-state index is 15.0. The van der Waals surface area contributed by atoms with E-state index in [9.17, 15) is 9.18 Å². The van der Waals surface area contributed by atoms with Crippen LogP contribution in [0.3, 0.4) is 0 Å². The zero-order valence-electron chi connectivity index (χ0n) is 12.5. The summed E-state index contributed by atoms with van der Waals surface area (Å²) in [5, 5.41) is 0. The van der Waals surface area contributed by atoms with E-state index in [1.807, 2.05) is 0 Å². The smallest absolute Gasteiger partial charge is 0.340 e. The third-order valence-electron chi connectivity index (χ3n) is 3.48. The van der Waals surface area contributed by atoms with E-state index in [4.69, 9.17) is 0 Å². The molecule has 1 aromatic carbocycles. The van der Waals surface area contributed by atoms with Crippen LogP contribution in [-0.4, -0.2) is 38.8 Å². The van der Waals surface area contributed by atoms with Crippen LogP contribution in [0.25, 0.3) is 0 Å². The zero-order chi connectivity index (χ0) is 16.2. The summed E-state index contributed by atoms with van der Waals surface area (Å²) in [5.74, 6) is -1.36. The number of carbonyl (C=O) groups excluding carboxylic acids is 1. The normalized spacial score (nSPS) is 16.1. The topological polar surface area (TPSA) is 57.5 Å². The molecule has 0 aliphatic carbocycles. The first-order chi connectivity index (χ1) is 11.2. The van der Waals surface area contributed by atoms with Crippen molar-refractivity contribution in [3.8, 4) is 0 Å². The van der Waals surface area contributed by atoms with Crippen molar-refractivity contribution in [2.24, 2.45) is 9.98 Å². The summed E-state index contributed by atoms with van der Waals surface area (Å²) < 4.78 is 19.6. The van der Waals surface area contributed by atoms with Crippen molar-refractivity contribution >= 4 is 29.8 Å². The highest BCUT2D eigenvalue weighted by Gasteiger charge is 2.25. The number of rotatable bonds is 3. The fourth-order valence-electron chi connectivity index (χ4n) is 2.40. The highest BCUT2D eigenvalue weighted by Crippen LogP contribution is 2.36. The quantitative estimate of drug-likeness (QED) is 0.804. The predicted octanol–water partition coefficient (Wildman–Crippen LogP) is 2.34. The van der Waals surface area contributed by atoms with E-state index in [-0.39, 0.29) is 17.9 Å². The maximum Gasteiger partial charge on any atom is 0.340 e. The highest BCUT2D eigenvalue weighted by atomic mass is 19.1. The fraction of sp³-hybridized carbons (Fsp3) is 0.188. The van der Waals surface area contributed by atoms with Gasteiger partial charge in [0, 0.05) is 24.8 Å². The Balaban J connectivity index is 2.11. The largest absolute Gasteiger partial charge is 0.465 e. The minimum Gasteiger partial charge on any atom is -0.465 e. The van der Waals surface area contributed by atoms with Gasteiger partial charge in [0.1, 0.15) is 19.0 Å². The van der Waals surface area contributed by atoms with E-state index >= 15 is 0 Å². The Morgan fingerprint density at radius 1 is 1.13 bits per heavy atom. The number of esters is 1. The number of hydrogen-bond donors (Lipinski definition) is 0. The molecule has 7 heteroatoms. The molecule has 2 aliphatic heterocycles. The number of ether oxygens (including phenoxy) is 1. The van der Waals surface area contributed by atoms with E-state index in [0.29, 0.717) is 12.4 Å². The molecular formula is C16H15FN4O2. The summed E-state index contributed by atoms with van der Waals surface area (Å²) in [6, 6.07) is 3.10. The van der Waals surface area contributed by atoms with Gasteiger partial charge in [-0.2, -0.15) is 0 Å². The van der Waals surface area contributed by atoms with E-state index in [2.05, 4.69) is 14.7 Å². The molecule has 1 aromatic rings. The molecular weight excluding hydrogens is 299 g/mol. The van der Waals surface area contributed by atoms with Crippen LogP contribution in [0.1, 0.15) is 10.4 Å². The lowest BCUT2D eigenvalue weighted by atomic mass is 10.1. The average Bonchev–Trinajstić information content (AvgIpc) is 2.62. The van der Waals surface area contributed by atoms with Crippen molar-refractivity contribution in [3.05, 3.63) is 48.1 Å². The molecule has 0 N–H and O–H groups in total. The van der Waals surface area contributed by atoms with E-state index in [1.165, 1.54) is 13.2 Å². The second kappa shape index (κ2) is 6.43. The van der Waals surface area contributed by atoms with Crippen LogP contribution in [0, 0.1) is 5.82 Å². The lowest BCUT2D eigenvalue weighted by Gasteiger charge is -2.29. The first-order valence-corrected chi connectivity index (χ1v) is 6.99. The Labute approximate surface area is 132 Å².